The lowest BCUT2D eigenvalue weighted by molar-refractivity contribution is -0.125. The summed E-state index contributed by atoms with van der Waals surface area (Å²) in [6, 6.07) is 2.69. The zero-order valence-corrected chi connectivity index (χ0v) is 7.16. The quantitative estimate of drug-likeness (QED) is 0.525. The van der Waals surface area contributed by atoms with Gasteiger partial charge < -0.3 is 0 Å². The number of carbonyl (C=O) groups is 1. The fraction of sp³-hybridized carbons (Fsp3) is 0.778. The molecule has 2 fully saturated rings. The maximum Gasteiger partial charge on any atom is 0.150 e. The van der Waals surface area contributed by atoms with Crippen molar-refractivity contribution in [3.8, 4) is 6.07 Å². The van der Waals surface area contributed by atoms with E-state index in [1.807, 2.05) is 7.05 Å². The average Bonchev–Trinajstić information content (AvgIpc) is 2.26. The lowest BCUT2D eigenvalue weighted by atomic mass is 9.99. The number of carbonyl (C=O) groups excluding carboxylic acids is 1. The van der Waals surface area contributed by atoms with Gasteiger partial charge in [0.2, 0.25) is 0 Å². The van der Waals surface area contributed by atoms with Crippen LogP contribution in [0.5, 0.6) is 0 Å². The second-order valence-electron chi connectivity index (χ2n) is 3.72. The van der Waals surface area contributed by atoms with Gasteiger partial charge in [0.05, 0.1) is 18.0 Å². The van der Waals surface area contributed by atoms with Crippen LogP contribution in [0.1, 0.15) is 19.3 Å². The van der Waals surface area contributed by atoms with Crippen molar-refractivity contribution in [2.45, 2.75) is 31.3 Å². The Morgan fingerprint density at radius 1 is 1.67 bits per heavy atom. The minimum Gasteiger partial charge on any atom is -0.298 e. The summed E-state index contributed by atoms with van der Waals surface area (Å²) in [4.78, 5) is 13.5. The van der Waals surface area contributed by atoms with E-state index >= 15 is 0 Å². The molecule has 0 aliphatic carbocycles. The molecule has 0 spiro atoms. The zero-order chi connectivity index (χ0) is 8.72. The molecule has 0 N–H and O–H groups in total. The van der Waals surface area contributed by atoms with Crippen LogP contribution in [0.3, 0.4) is 0 Å². The molecule has 0 radical (unpaired) electrons. The molecule has 2 bridgehead atoms. The Hall–Kier alpha value is -0.880. The Bertz CT molecular complexity index is 256. The lowest BCUT2D eigenvalue weighted by Crippen LogP contribution is -2.42. The molecule has 3 heteroatoms. The molecule has 2 aliphatic rings. The Morgan fingerprint density at radius 3 is 3.00 bits per heavy atom. The van der Waals surface area contributed by atoms with Crippen LogP contribution in [0, 0.1) is 17.2 Å². The highest BCUT2D eigenvalue weighted by Crippen LogP contribution is 2.36. The van der Waals surface area contributed by atoms with Gasteiger partial charge in [0, 0.05) is 12.5 Å². The molecule has 64 valence electrons. The van der Waals surface area contributed by atoms with E-state index in [2.05, 4.69) is 11.0 Å². The number of nitrogens with zero attached hydrogens (tertiary/aromatic N) is 2. The smallest absolute Gasteiger partial charge is 0.150 e. The third-order valence-corrected chi connectivity index (χ3v) is 3.18. The van der Waals surface area contributed by atoms with E-state index in [1.54, 1.807) is 0 Å². The molecule has 3 nitrogen and oxygen atoms in total. The van der Waals surface area contributed by atoms with Crippen molar-refractivity contribution in [1.82, 2.24) is 4.90 Å². The first-order valence-electron chi connectivity index (χ1n) is 4.38. The Balaban J connectivity index is 2.25. The summed E-state index contributed by atoms with van der Waals surface area (Å²) in [6.45, 7) is 0. The molecule has 12 heavy (non-hydrogen) atoms. The van der Waals surface area contributed by atoms with E-state index in [9.17, 15) is 4.79 Å². The molecule has 2 rings (SSSR count). The number of hydrogen-bond acceptors (Lipinski definition) is 3. The Labute approximate surface area is 72.0 Å². The SMILES string of the molecule is CN1C2CC(C#N)C1CCC2=O. The standard InChI is InChI=1S/C9H12N2O/c1-11-7-2-3-9(12)8(11)4-6(7)5-10/h6-8H,2-4H2,1H3. The van der Waals surface area contributed by atoms with Crippen LogP contribution >= 0.6 is 0 Å². The van der Waals surface area contributed by atoms with Gasteiger partial charge in [0.15, 0.2) is 0 Å². The van der Waals surface area contributed by atoms with Crippen LogP contribution in [-0.2, 0) is 4.79 Å². The number of Topliss-reactive ketones (excluding diaryl/α,β-unsaturated/α-hetero) is 1. The third-order valence-electron chi connectivity index (χ3n) is 3.18. The molecule has 0 aromatic carbocycles. The van der Waals surface area contributed by atoms with Crippen molar-refractivity contribution < 1.29 is 4.79 Å². The number of likely N-dealkylation sites (N-methyl/N-ethyl adjacent to an activating group) is 1. The molecule has 0 aromatic rings. The highest BCUT2D eigenvalue weighted by molar-refractivity contribution is 5.85. The molecule has 3 atom stereocenters. The van der Waals surface area contributed by atoms with Gasteiger partial charge in [-0.05, 0) is 19.9 Å². The maximum atomic E-state index is 11.4. The molecule has 0 saturated carbocycles. The van der Waals surface area contributed by atoms with E-state index in [0.29, 0.717) is 18.2 Å². The van der Waals surface area contributed by atoms with Crippen molar-refractivity contribution in [2.75, 3.05) is 7.05 Å². The number of rotatable bonds is 0. The highest BCUT2D eigenvalue weighted by Gasteiger charge is 2.45. The Kier molecular flexibility index (Phi) is 1.66. The lowest BCUT2D eigenvalue weighted by Gasteiger charge is -2.29. The van der Waals surface area contributed by atoms with Gasteiger partial charge in [-0.2, -0.15) is 5.26 Å². The predicted molar refractivity (Wildman–Crippen MR) is 43.3 cm³/mol. The van der Waals surface area contributed by atoms with Gasteiger partial charge in [-0.3, -0.25) is 9.69 Å². The topological polar surface area (TPSA) is 44.1 Å². The fourth-order valence-electron chi connectivity index (χ4n) is 2.44. The molecular formula is C9H12N2O. The molecule has 0 amide bonds. The largest absolute Gasteiger partial charge is 0.298 e. The summed E-state index contributed by atoms with van der Waals surface area (Å²) in [5.41, 5.74) is 0. The molecule has 2 saturated heterocycles. The third kappa shape index (κ3) is 0.881. The van der Waals surface area contributed by atoms with Gasteiger partial charge in [-0.15, -0.1) is 0 Å². The van der Waals surface area contributed by atoms with Crippen LogP contribution in [0.4, 0.5) is 0 Å². The molecular weight excluding hydrogens is 152 g/mol. The monoisotopic (exact) mass is 164 g/mol. The fourth-order valence-corrected chi connectivity index (χ4v) is 2.44. The minimum absolute atomic E-state index is 0.0494. The van der Waals surface area contributed by atoms with E-state index in [4.69, 9.17) is 5.26 Å². The number of hydrogen-bond donors (Lipinski definition) is 0. The van der Waals surface area contributed by atoms with Gasteiger partial charge in [-0.25, -0.2) is 0 Å². The van der Waals surface area contributed by atoms with Crippen molar-refractivity contribution in [1.29, 1.82) is 5.26 Å². The second kappa shape index (κ2) is 2.56. The maximum absolute atomic E-state index is 11.4. The summed E-state index contributed by atoms with van der Waals surface area (Å²) in [5.74, 6) is 0.415. The first-order chi connectivity index (χ1) is 5.74. The summed E-state index contributed by atoms with van der Waals surface area (Å²) in [7, 11) is 1.96. The predicted octanol–water partition coefficient (Wildman–Crippen LogP) is 0.562. The van der Waals surface area contributed by atoms with Crippen molar-refractivity contribution >= 4 is 5.78 Å². The molecule has 2 heterocycles. The van der Waals surface area contributed by atoms with E-state index < -0.39 is 0 Å². The van der Waals surface area contributed by atoms with Gasteiger partial charge in [-0.1, -0.05) is 0 Å². The Morgan fingerprint density at radius 2 is 2.42 bits per heavy atom. The summed E-state index contributed by atoms with van der Waals surface area (Å²) < 4.78 is 0. The van der Waals surface area contributed by atoms with Gasteiger partial charge in [0.1, 0.15) is 5.78 Å². The molecule has 0 aromatic heterocycles. The normalized spacial score (nSPS) is 41.3. The average molecular weight is 164 g/mol. The van der Waals surface area contributed by atoms with Crippen LogP contribution < -0.4 is 0 Å². The molecule has 2 aliphatic heterocycles. The zero-order valence-electron chi connectivity index (χ0n) is 7.16. The summed E-state index contributed by atoms with van der Waals surface area (Å²) >= 11 is 0. The van der Waals surface area contributed by atoms with Crippen molar-refractivity contribution in [3.63, 3.8) is 0 Å². The van der Waals surface area contributed by atoms with E-state index in [0.717, 1.165) is 12.8 Å². The van der Waals surface area contributed by atoms with Crippen LogP contribution in [-0.4, -0.2) is 29.8 Å². The molecule has 3 unspecified atom stereocenters. The van der Waals surface area contributed by atoms with Crippen LogP contribution in [0.2, 0.25) is 0 Å². The number of ketones is 1. The number of fused-ring (bicyclic) bond motifs is 2. The van der Waals surface area contributed by atoms with E-state index in [1.165, 1.54) is 0 Å². The first-order valence-corrected chi connectivity index (χ1v) is 4.38. The van der Waals surface area contributed by atoms with Crippen LogP contribution in [0.15, 0.2) is 0 Å². The highest BCUT2D eigenvalue weighted by atomic mass is 16.1. The summed E-state index contributed by atoms with van der Waals surface area (Å²) in [6.07, 6.45) is 2.32. The number of piperidine rings is 1. The van der Waals surface area contributed by atoms with Crippen molar-refractivity contribution in [2.24, 2.45) is 5.92 Å². The van der Waals surface area contributed by atoms with Gasteiger partial charge in [0.25, 0.3) is 0 Å². The van der Waals surface area contributed by atoms with Crippen LogP contribution in [0.25, 0.3) is 0 Å². The second-order valence-corrected chi connectivity index (χ2v) is 3.72. The summed E-state index contributed by atoms with van der Waals surface area (Å²) in [5, 5.41) is 8.83. The van der Waals surface area contributed by atoms with Gasteiger partial charge >= 0.3 is 0 Å². The minimum atomic E-state index is 0.0494. The number of nitriles is 1. The first kappa shape index (κ1) is 7.75. The van der Waals surface area contributed by atoms with Crippen molar-refractivity contribution in [3.05, 3.63) is 0 Å². The van der Waals surface area contributed by atoms with E-state index in [-0.39, 0.29) is 12.0 Å².